The molecule has 0 unspecified atom stereocenters. The average molecular weight is 433 g/mol. The lowest BCUT2D eigenvalue weighted by atomic mass is 10.2. The third kappa shape index (κ3) is 5.10. The fourth-order valence-corrected chi connectivity index (χ4v) is 3.62. The van der Waals surface area contributed by atoms with Gasteiger partial charge in [-0.2, -0.15) is 0 Å². The lowest BCUT2D eigenvalue weighted by Crippen LogP contribution is -2.36. The van der Waals surface area contributed by atoms with Crippen LogP contribution in [0, 0.1) is 0 Å². The first-order valence-electron chi connectivity index (χ1n) is 8.64. The Balaban J connectivity index is 1.71. The van der Waals surface area contributed by atoms with Crippen LogP contribution in [0.2, 0.25) is 5.02 Å². The number of nitrogens with one attached hydrogen (secondary N) is 1. The van der Waals surface area contributed by atoms with Crippen LogP contribution in [-0.4, -0.2) is 40.2 Å². The predicted molar refractivity (Wildman–Crippen MR) is 112 cm³/mol. The standard InChI is InChI=1S/C20H17ClN2O5S/c1-2-28-16-8-12(6-7-15(16)24)9-17-19(26)23(20(27)29-17)11-18(25)22-14-5-3-4-13(21)10-14/h3-10,24H,2,11H2,1H3,(H,22,25)/b17-9+. The topological polar surface area (TPSA) is 95.9 Å². The summed E-state index contributed by atoms with van der Waals surface area (Å²) in [5.41, 5.74) is 1.05. The Morgan fingerprint density at radius 3 is 2.79 bits per heavy atom. The Bertz CT molecular complexity index is 1010. The van der Waals surface area contributed by atoms with Gasteiger partial charge in [-0.05, 0) is 60.7 Å². The van der Waals surface area contributed by atoms with Gasteiger partial charge in [-0.25, -0.2) is 0 Å². The van der Waals surface area contributed by atoms with Gasteiger partial charge in [0, 0.05) is 10.7 Å². The van der Waals surface area contributed by atoms with Crippen LogP contribution in [0.15, 0.2) is 47.4 Å². The molecule has 0 radical (unpaired) electrons. The van der Waals surface area contributed by atoms with Crippen LogP contribution in [0.3, 0.4) is 0 Å². The summed E-state index contributed by atoms with van der Waals surface area (Å²) < 4.78 is 5.32. The molecule has 1 heterocycles. The largest absolute Gasteiger partial charge is 0.504 e. The van der Waals surface area contributed by atoms with Gasteiger partial charge in [0.2, 0.25) is 5.91 Å². The molecule has 7 nitrogen and oxygen atoms in total. The number of imide groups is 1. The van der Waals surface area contributed by atoms with E-state index in [9.17, 15) is 19.5 Å². The molecule has 9 heteroatoms. The Morgan fingerprint density at radius 2 is 2.07 bits per heavy atom. The van der Waals surface area contributed by atoms with Crippen molar-refractivity contribution in [1.29, 1.82) is 0 Å². The van der Waals surface area contributed by atoms with E-state index >= 15 is 0 Å². The minimum absolute atomic E-state index is 0.0187. The van der Waals surface area contributed by atoms with Crippen molar-refractivity contribution < 1.29 is 24.2 Å². The molecule has 1 aliphatic rings. The number of benzene rings is 2. The first kappa shape index (κ1) is 20.8. The van der Waals surface area contributed by atoms with E-state index in [0.29, 0.717) is 22.9 Å². The molecule has 0 saturated carbocycles. The fourth-order valence-electron chi connectivity index (χ4n) is 2.59. The number of phenolic OH excluding ortho intramolecular Hbond substituents is 1. The molecule has 3 amide bonds. The van der Waals surface area contributed by atoms with Gasteiger partial charge in [0.25, 0.3) is 11.1 Å². The van der Waals surface area contributed by atoms with E-state index in [-0.39, 0.29) is 16.4 Å². The van der Waals surface area contributed by atoms with Crippen LogP contribution >= 0.6 is 23.4 Å². The number of hydrogen-bond donors (Lipinski definition) is 2. The highest BCUT2D eigenvalue weighted by Crippen LogP contribution is 2.34. The van der Waals surface area contributed by atoms with Crippen LogP contribution in [-0.2, 0) is 9.59 Å². The van der Waals surface area contributed by atoms with Crippen molar-refractivity contribution in [3.8, 4) is 11.5 Å². The van der Waals surface area contributed by atoms with Gasteiger partial charge in [0.05, 0.1) is 11.5 Å². The summed E-state index contributed by atoms with van der Waals surface area (Å²) >= 11 is 6.62. The molecular weight excluding hydrogens is 416 g/mol. The number of anilines is 1. The molecule has 150 valence electrons. The zero-order valence-corrected chi connectivity index (χ0v) is 16.9. The van der Waals surface area contributed by atoms with E-state index in [0.717, 1.165) is 16.7 Å². The number of hydrogen-bond acceptors (Lipinski definition) is 6. The van der Waals surface area contributed by atoms with Gasteiger partial charge in [0.1, 0.15) is 6.54 Å². The number of carbonyl (C=O) groups excluding carboxylic acids is 3. The minimum Gasteiger partial charge on any atom is -0.504 e. The van der Waals surface area contributed by atoms with Crippen molar-refractivity contribution in [3.63, 3.8) is 0 Å². The second-order valence-corrected chi connectivity index (χ2v) is 7.42. The Hall–Kier alpha value is -2.97. The molecule has 1 fully saturated rings. The quantitative estimate of drug-likeness (QED) is 0.666. The lowest BCUT2D eigenvalue weighted by Gasteiger charge is -2.12. The Kier molecular flexibility index (Phi) is 6.46. The van der Waals surface area contributed by atoms with Gasteiger partial charge in [-0.15, -0.1) is 0 Å². The summed E-state index contributed by atoms with van der Waals surface area (Å²) in [5.74, 6) is -0.817. The second-order valence-electron chi connectivity index (χ2n) is 5.99. The van der Waals surface area contributed by atoms with Crippen LogP contribution in [0.5, 0.6) is 11.5 Å². The zero-order chi connectivity index (χ0) is 21.0. The van der Waals surface area contributed by atoms with Gasteiger partial charge in [-0.3, -0.25) is 19.3 Å². The Morgan fingerprint density at radius 1 is 1.28 bits per heavy atom. The zero-order valence-electron chi connectivity index (χ0n) is 15.3. The maximum Gasteiger partial charge on any atom is 0.294 e. The van der Waals surface area contributed by atoms with Crippen molar-refractivity contribution in [2.24, 2.45) is 0 Å². The number of halogens is 1. The number of thioether (sulfide) groups is 1. The number of phenols is 1. The first-order chi connectivity index (χ1) is 13.9. The minimum atomic E-state index is -0.563. The van der Waals surface area contributed by atoms with Gasteiger partial charge >= 0.3 is 0 Å². The number of amides is 3. The number of nitrogens with zero attached hydrogens (tertiary/aromatic N) is 1. The van der Waals surface area contributed by atoms with Crippen molar-refractivity contribution in [1.82, 2.24) is 4.90 Å². The van der Waals surface area contributed by atoms with Crippen molar-refractivity contribution >= 4 is 52.2 Å². The Labute approximate surface area is 176 Å². The molecule has 2 aromatic rings. The van der Waals surface area contributed by atoms with Crippen molar-refractivity contribution in [2.75, 3.05) is 18.5 Å². The molecule has 3 rings (SSSR count). The highest BCUT2D eigenvalue weighted by molar-refractivity contribution is 8.18. The van der Waals surface area contributed by atoms with Crippen LogP contribution in [0.4, 0.5) is 10.5 Å². The SMILES string of the molecule is CCOc1cc(/C=C2/SC(=O)N(CC(=O)Nc3cccc(Cl)c3)C2=O)ccc1O. The van der Waals surface area contributed by atoms with E-state index in [1.807, 2.05) is 0 Å². The summed E-state index contributed by atoms with van der Waals surface area (Å²) in [4.78, 5) is 38.1. The van der Waals surface area contributed by atoms with Gasteiger partial charge in [-0.1, -0.05) is 23.7 Å². The number of carbonyl (C=O) groups is 3. The van der Waals surface area contributed by atoms with Crippen molar-refractivity contribution in [2.45, 2.75) is 6.92 Å². The third-order valence-electron chi connectivity index (χ3n) is 3.87. The summed E-state index contributed by atoms with van der Waals surface area (Å²) in [7, 11) is 0. The molecule has 2 aromatic carbocycles. The van der Waals surface area contributed by atoms with Crippen LogP contribution in [0.25, 0.3) is 6.08 Å². The number of rotatable bonds is 6. The van der Waals surface area contributed by atoms with E-state index in [1.165, 1.54) is 12.1 Å². The third-order valence-corrected chi connectivity index (χ3v) is 5.01. The molecule has 2 N–H and O–H groups in total. The molecule has 0 spiro atoms. The molecule has 29 heavy (non-hydrogen) atoms. The molecular formula is C20H17ClN2O5S. The van der Waals surface area contributed by atoms with Crippen molar-refractivity contribution in [3.05, 3.63) is 58.0 Å². The van der Waals surface area contributed by atoms with E-state index in [1.54, 1.807) is 43.3 Å². The highest BCUT2D eigenvalue weighted by atomic mass is 35.5. The maximum atomic E-state index is 12.6. The number of ether oxygens (including phenoxy) is 1. The summed E-state index contributed by atoms with van der Waals surface area (Å²) in [6.45, 7) is 1.75. The van der Waals surface area contributed by atoms with Crippen LogP contribution in [0.1, 0.15) is 12.5 Å². The maximum absolute atomic E-state index is 12.6. The normalized spacial score (nSPS) is 15.1. The molecule has 0 aliphatic carbocycles. The monoisotopic (exact) mass is 432 g/mol. The smallest absolute Gasteiger partial charge is 0.294 e. The fraction of sp³-hybridized carbons (Fsp3) is 0.150. The predicted octanol–water partition coefficient (Wildman–Crippen LogP) is 4.12. The average Bonchev–Trinajstić information content (AvgIpc) is 2.92. The number of aromatic hydroxyl groups is 1. The van der Waals surface area contributed by atoms with E-state index in [2.05, 4.69) is 5.32 Å². The summed E-state index contributed by atoms with van der Waals surface area (Å²) in [5, 5.41) is 12.3. The molecule has 0 aromatic heterocycles. The van der Waals surface area contributed by atoms with Gasteiger partial charge < -0.3 is 15.2 Å². The first-order valence-corrected chi connectivity index (χ1v) is 9.83. The molecule has 1 saturated heterocycles. The highest BCUT2D eigenvalue weighted by Gasteiger charge is 2.36. The second kappa shape index (κ2) is 9.02. The molecule has 1 aliphatic heterocycles. The van der Waals surface area contributed by atoms with E-state index in [4.69, 9.17) is 16.3 Å². The molecule has 0 atom stereocenters. The van der Waals surface area contributed by atoms with Crippen LogP contribution < -0.4 is 10.1 Å². The van der Waals surface area contributed by atoms with E-state index < -0.39 is 23.6 Å². The summed E-state index contributed by atoms with van der Waals surface area (Å²) in [6.07, 6.45) is 1.52. The lowest BCUT2D eigenvalue weighted by molar-refractivity contribution is -0.127. The summed E-state index contributed by atoms with van der Waals surface area (Å²) in [6, 6.07) is 11.2. The molecule has 0 bridgehead atoms. The van der Waals surface area contributed by atoms with Gasteiger partial charge in [0.15, 0.2) is 11.5 Å².